The minimum absolute atomic E-state index is 0.270. The van der Waals surface area contributed by atoms with Gasteiger partial charge in [0, 0.05) is 54.2 Å². The first-order valence-corrected chi connectivity index (χ1v) is 30.0. The van der Waals surface area contributed by atoms with E-state index in [1.807, 2.05) is 164 Å². The molecule has 0 saturated heterocycles. The Morgan fingerprint density at radius 3 is 1.28 bits per heavy atom. The monoisotopic (exact) mass is 1130 g/mol. The number of amides is 3. The fourth-order valence-corrected chi connectivity index (χ4v) is 7.83. The molecule has 0 aliphatic rings. The van der Waals surface area contributed by atoms with Gasteiger partial charge in [-0.1, -0.05) is 183 Å². The third-order valence-corrected chi connectivity index (χ3v) is 13.0. The van der Waals surface area contributed by atoms with E-state index >= 15 is 0 Å². The third kappa shape index (κ3) is 23.1. The van der Waals surface area contributed by atoms with Gasteiger partial charge in [0.25, 0.3) is 0 Å². The average molecular weight is 1130 g/mol. The number of rotatable bonds is 20. The summed E-state index contributed by atoms with van der Waals surface area (Å²) in [5.74, 6) is 1.87. The molecule has 23 nitrogen and oxygen atoms in total. The van der Waals surface area contributed by atoms with Gasteiger partial charge in [-0.25, -0.2) is 19.1 Å². The van der Waals surface area contributed by atoms with Crippen LogP contribution in [0.3, 0.4) is 0 Å². The van der Waals surface area contributed by atoms with Crippen LogP contribution in [-0.2, 0) is 67.4 Å². The number of alkyl carbamates (subject to hydrolysis) is 3. The van der Waals surface area contributed by atoms with E-state index in [1.165, 1.54) is 4.80 Å². The van der Waals surface area contributed by atoms with E-state index in [4.69, 9.17) is 19.7 Å². The summed E-state index contributed by atoms with van der Waals surface area (Å²) in [6.07, 6.45) is 2.60. The van der Waals surface area contributed by atoms with Crippen LogP contribution in [-0.4, -0.2) is 118 Å². The van der Waals surface area contributed by atoms with Gasteiger partial charge in [-0.15, -0.1) is 25.5 Å². The van der Waals surface area contributed by atoms with Crippen molar-refractivity contribution in [1.29, 1.82) is 5.53 Å². The largest absolute Gasteiger partial charge is 0.445 e. The smallest absolute Gasteiger partial charge is 0.407 e. The van der Waals surface area contributed by atoms with Crippen LogP contribution in [0.15, 0.2) is 164 Å². The topological polar surface area (TPSA) is 295 Å². The van der Waals surface area contributed by atoms with Crippen molar-refractivity contribution < 1.29 is 33.4 Å². The van der Waals surface area contributed by atoms with Crippen molar-refractivity contribution in [2.24, 2.45) is 14.1 Å². The van der Waals surface area contributed by atoms with Crippen molar-refractivity contribution in [3.05, 3.63) is 197 Å². The number of nitrogens with zero attached hydrogens (tertiary/aromatic N) is 12. The number of hydrogen-bond acceptors (Lipinski definition) is 16. The number of aromatic amines is 1. The van der Waals surface area contributed by atoms with Crippen LogP contribution in [0.4, 0.5) is 14.4 Å². The summed E-state index contributed by atoms with van der Waals surface area (Å²) in [5, 5.41) is 45.4. The summed E-state index contributed by atoms with van der Waals surface area (Å²) < 4.78 is 17.1. The van der Waals surface area contributed by atoms with E-state index in [0.29, 0.717) is 49.9 Å². The molecule has 9 aromatic rings. The highest BCUT2D eigenvalue weighted by Gasteiger charge is 2.13. The highest BCUT2D eigenvalue weighted by Crippen LogP contribution is 2.18. The summed E-state index contributed by atoms with van der Waals surface area (Å²) in [4.78, 5) is 39.6. The Morgan fingerprint density at radius 2 is 0.951 bits per heavy atom. The molecule has 0 aliphatic heterocycles. The molecular weight excluding hydrogens is 1060 g/mol. The van der Waals surface area contributed by atoms with Crippen LogP contribution in [0.2, 0.25) is 25.7 Å². The Balaban J connectivity index is 0.000000185. The molecule has 6 aromatic carbocycles. The van der Waals surface area contributed by atoms with Crippen LogP contribution < -0.4 is 16.0 Å². The SMILES string of the molecule is C[Si](C)(C)CC=[N+]=N.Cn1nnc(-c2ccc(CCNC(=O)OCc3ccccc3)cc2)n1.Cn1nnnc1-c1ccc(CCNC(=O)OCc2ccccc2)cc1.O=C(NCCc1ccc(-c2nn[nH]n2)cc1)OCc1ccccc1. The van der Waals surface area contributed by atoms with Crippen molar-refractivity contribution in [2.45, 2.75) is 64.8 Å². The number of carbonyl (C=O) groups excluding carboxylic acids is 3. The Morgan fingerprint density at radius 1 is 0.537 bits per heavy atom. The number of ether oxygens (including phenoxy) is 3. The lowest BCUT2D eigenvalue weighted by atomic mass is 10.1. The molecule has 5 N–H and O–H groups in total. The second kappa shape index (κ2) is 33.4. The van der Waals surface area contributed by atoms with E-state index in [9.17, 15) is 14.4 Å². The number of benzene rings is 6. The van der Waals surface area contributed by atoms with E-state index in [0.717, 1.165) is 62.5 Å². The molecule has 3 aromatic heterocycles. The molecule has 0 saturated carbocycles. The zero-order chi connectivity index (χ0) is 58.2. The molecule has 0 unspecified atom stereocenters. The highest BCUT2D eigenvalue weighted by molar-refractivity contribution is 6.78. The summed E-state index contributed by atoms with van der Waals surface area (Å²) in [6, 6.07) is 53.4. The van der Waals surface area contributed by atoms with Gasteiger partial charge in [-0.2, -0.15) is 10.0 Å². The predicted octanol–water partition coefficient (Wildman–Crippen LogP) is 8.66. The van der Waals surface area contributed by atoms with Crippen LogP contribution in [0.25, 0.3) is 34.2 Å². The number of aromatic nitrogens is 12. The maximum atomic E-state index is 11.7. The molecule has 82 heavy (non-hydrogen) atoms. The molecular formula is C58H68N17O6Si+. The van der Waals surface area contributed by atoms with Crippen LogP contribution in [0, 0.1) is 5.53 Å². The van der Waals surface area contributed by atoms with Crippen molar-refractivity contribution >= 4 is 32.6 Å². The molecule has 0 atom stereocenters. The summed E-state index contributed by atoms with van der Waals surface area (Å²) in [7, 11) is 2.58. The Bertz CT molecular complexity index is 3320. The number of nitrogens with one attached hydrogen (secondary N) is 5. The van der Waals surface area contributed by atoms with E-state index < -0.39 is 26.4 Å². The molecule has 9 rings (SSSR count). The first kappa shape index (κ1) is 61.2. The normalized spacial score (nSPS) is 10.4. The zero-order valence-corrected chi connectivity index (χ0v) is 47.6. The minimum atomic E-state index is -0.947. The van der Waals surface area contributed by atoms with Gasteiger partial charge in [-0.05, 0) is 73.5 Å². The quantitative estimate of drug-likeness (QED) is 0.0157. The second-order valence-electron chi connectivity index (χ2n) is 19.3. The fraction of sp³-hybridized carbons (Fsp3) is 0.259. The number of aryl methyl sites for hydroxylation is 2. The van der Waals surface area contributed by atoms with Gasteiger partial charge < -0.3 is 30.2 Å². The maximum absolute atomic E-state index is 11.7. The molecule has 3 heterocycles. The minimum Gasteiger partial charge on any atom is -0.445 e. The lowest BCUT2D eigenvalue weighted by Crippen LogP contribution is -2.26. The van der Waals surface area contributed by atoms with Gasteiger partial charge >= 0.3 is 24.5 Å². The molecule has 3 amide bonds. The van der Waals surface area contributed by atoms with Crippen LogP contribution >= 0.6 is 0 Å². The maximum Gasteiger partial charge on any atom is 0.407 e. The molecule has 0 aliphatic carbocycles. The molecule has 0 spiro atoms. The molecule has 0 bridgehead atoms. The second-order valence-corrected chi connectivity index (χ2v) is 24.9. The van der Waals surface area contributed by atoms with Crippen LogP contribution in [0.5, 0.6) is 0 Å². The fourth-order valence-electron chi connectivity index (χ4n) is 7.19. The third-order valence-electron chi connectivity index (χ3n) is 11.6. The van der Waals surface area contributed by atoms with Crippen molar-refractivity contribution in [1.82, 2.24) is 77.0 Å². The van der Waals surface area contributed by atoms with E-state index in [1.54, 1.807) is 25.0 Å². The van der Waals surface area contributed by atoms with E-state index in [-0.39, 0.29) is 19.8 Å². The number of hydrogen-bond donors (Lipinski definition) is 5. The molecule has 0 radical (unpaired) electrons. The average Bonchev–Trinajstić information content (AvgIpc) is 4.41. The Hall–Kier alpha value is -10.1. The Labute approximate surface area is 476 Å². The zero-order valence-electron chi connectivity index (χ0n) is 46.6. The molecule has 0 fully saturated rings. The van der Waals surface area contributed by atoms with Gasteiger partial charge in [0.05, 0.1) is 20.7 Å². The number of H-pyrrole nitrogens is 1. The van der Waals surface area contributed by atoms with E-state index in [2.05, 4.69) is 91.9 Å². The van der Waals surface area contributed by atoms with Gasteiger partial charge in [-0.3, -0.25) is 0 Å². The number of tetrazole rings is 3. The predicted molar refractivity (Wildman–Crippen MR) is 310 cm³/mol. The lowest BCUT2D eigenvalue weighted by Gasteiger charge is -2.07. The van der Waals surface area contributed by atoms with Crippen LogP contribution in [0.1, 0.15) is 33.4 Å². The lowest BCUT2D eigenvalue weighted by molar-refractivity contribution is -0.112. The van der Waals surface area contributed by atoms with Crippen molar-refractivity contribution in [3.63, 3.8) is 0 Å². The molecule has 24 heteroatoms. The highest BCUT2D eigenvalue weighted by atomic mass is 28.3. The summed E-state index contributed by atoms with van der Waals surface area (Å²) >= 11 is 0. The first-order chi connectivity index (χ1) is 39.8. The number of carbonyl (C=O) groups is 3. The first-order valence-electron chi connectivity index (χ1n) is 26.3. The van der Waals surface area contributed by atoms with Gasteiger partial charge in [0.15, 0.2) is 5.82 Å². The van der Waals surface area contributed by atoms with Gasteiger partial charge in [0.2, 0.25) is 11.6 Å². The van der Waals surface area contributed by atoms with Crippen molar-refractivity contribution in [3.8, 4) is 34.2 Å². The summed E-state index contributed by atoms with van der Waals surface area (Å²) in [5.41, 5.74) is 15.4. The summed E-state index contributed by atoms with van der Waals surface area (Å²) in [6.45, 7) is 9.12. The Kier molecular flexibility index (Phi) is 24.9. The molecule has 424 valence electrons. The van der Waals surface area contributed by atoms with Gasteiger partial charge in [0.1, 0.15) is 19.8 Å². The van der Waals surface area contributed by atoms with Crippen molar-refractivity contribution in [2.75, 3.05) is 19.6 Å². The standard InChI is InChI=1S/2C18H19N5O2.C17H17N5O2.C5H13N2Si/c1-23-17(20-21-22-23)16-9-7-14(8-10-16)11-12-19-18(24)25-13-15-5-3-2-4-6-15;1-23-21-17(20-22-23)16-9-7-14(8-10-16)11-12-19-18(24)25-13-15-5-3-2-4-6-15;23-17(24-12-14-4-2-1-3-5-14)18-11-10-13-6-8-15(9-7-13)16-19-21-22-20-16;1-8(2,3)5-4-7-6/h2*2-10H,11-13H2,1H3,(H,19,24);1-9H,10-12H2,(H,18,23)(H,19,20,21,22);4,6H,5H2,1-3H3/q;;;+1.